The molecule has 3 aromatic heterocycles. The van der Waals surface area contributed by atoms with Crippen molar-refractivity contribution in [2.24, 2.45) is 35.5 Å². The SMILES string of the molecule is Cc1cn([C@H]2O[C@@H](COP(=O)(C[C@@H](C)C(=O)OC(C)C)Oc3ccccc3)C(O)[C@H]2C)c(=O)[nH]c1=O.Cc1cn([C@H]2O[C@@H](CO[P@@](=O)(C[C@@H](C)C(=O)OC(C)C)Oc3ccccc3)C(O)[C@H]2C)c(=O)[nH]c1=O.Cc1cn([C@H]2O[C@@H](CO[P@](=O)(C[C@@H](C)C(=O)OC(C)C)Oc3ccccc3)C(O)[C@H]2C)c(=O)[nH]c1=O. The number of carbonyl (C=O) groups is 3. The molecular formula is C72H99N6O27P3. The molecule has 6 N–H and O–H groups in total. The predicted molar refractivity (Wildman–Crippen MR) is 393 cm³/mol. The zero-order valence-corrected chi connectivity index (χ0v) is 65.5. The van der Waals surface area contributed by atoms with Crippen molar-refractivity contribution in [2.75, 3.05) is 38.3 Å². The highest BCUT2D eigenvalue weighted by molar-refractivity contribution is 7.55. The zero-order valence-electron chi connectivity index (χ0n) is 62.9. The molecule has 3 aliphatic rings. The van der Waals surface area contributed by atoms with Gasteiger partial charge in [0.15, 0.2) is 0 Å². The van der Waals surface area contributed by atoms with Gasteiger partial charge in [-0.2, -0.15) is 0 Å². The van der Waals surface area contributed by atoms with Crippen molar-refractivity contribution in [2.45, 2.75) is 177 Å². The molecule has 0 bridgehead atoms. The molecule has 4 unspecified atom stereocenters. The number of rotatable bonds is 30. The molecule has 594 valence electrons. The van der Waals surface area contributed by atoms with E-state index in [1.807, 2.05) is 0 Å². The van der Waals surface area contributed by atoms with Crippen molar-refractivity contribution in [3.05, 3.63) is 189 Å². The summed E-state index contributed by atoms with van der Waals surface area (Å²) in [4.78, 5) is 116. The normalized spacial score (nSPS) is 24.3. The van der Waals surface area contributed by atoms with E-state index >= 15 is 0 Å². The number of hydrogen-bond donors (Lipinski definition) is 6. The molecule has 6 heterocycles. The first kappa shape index (κ1) is 87.1. The number of nitrogens with zero attached hydrogens (tertiary/aromatic N) is 3. The summed E-state index contributed by atoms with van der Waals surface area (Å²) in [6, 6.07) is 25.2. The van der Waals surface area contributed by atoms with Crippen LogP contribution in [0.2, 0.25) is 0 Å². The Morgan fingerprint density at radius 3 is 0.843 bits per heavy atom. The van der Waals surface area contributed by atoms with E-state index in [9.17, 15) is 72.2 Å². The summed E-state index contributed by atoms with van der Waals surface area (Å²) in [5.74, 6) is -4.73. The molecule has 0 amide bonds. The number of benzene rings is 3. The quantitative estimate of drug-likeness (QED) is 0.0142. The molecule has 33 nitrogen and oxygen atoms in total. The number of nitrogens with one attached hydrogen (secondary N) is 3. The molecule has 6 aromatic rings. The molecule has 0 saturated carbocycles. The van der Waals surface area contributed by atoms with Crippen LogP contribution in [0.15, 0.2) is 138 Å². The second kappa shape index (κ2) is 38.5. The molecule has 18 atom stereocenters. The second-order valence-electron chi connectivity index (χ2n) is 27.8. The minimum Gasteiger partial charge on any atom is -0.463 e. The maximum Gasteiger partial charge on any atom is 0.380 e. The number of ether oxygens (including phenoxy) is 6. The van der Waals surface area contributed by atoms with Gasteiger partial charge in [0.25, 0.3) is 16.7 Å². The average Bonchev–Trinajstić information content (AvgIpc) is 1.65. The van der Waals surface area contributed by atoms with Crippen LogP contribution in [0.3, 0.4) is 0 Å². The Bertz CT molecular complexity index is 4080. The first-order valence-electron chi connectivity index (χ1n) is 35.2. The number of H-pyrrole nitrogens is 3. The van der Waals surface area contributed by atoms with E-state index in [0.29, 0.717) is 33.9 Å². The molecule has 3 saturated heterocycles. The van der Waals surface area contributed by atoms with Crippen molar-refractivity contribution < 1.29 is 99.0 Å². The Labute approximate surface area is 623 Å². The maximum absolute atomic E-state index is 13.7. The zero-order chi connectivity index (χ0) is 79.9. The summed E-state index contributed by atoms with van der Waals surface area (Å²) in [6.07, 6.45) is -6.38. The number of aromatic amines is 3. The standard InChI is InChI=1S/3C24H33N2O9P/c3*1-14(2)33-23(29)16(4)13-36(31,35-18-9-7-6-8-10-18)32-12-19-20(27)17(5)22(34-19)26-11-15(3)21(28)25-24(26)30/h3*6-11,14,16-17,19-20,22,27H,12-13H2,1-5H3,(H,25,28,30)/t16-,17-,19+,20?,22+,36?;16-,17-,19+,20?,22+,36+;16-,17-,19+,20?,22+,36-/m111/s1. The van der Waals surface area contributed by atoms with Gasteiger partial charge in [-0.15, -0.1) is 0 Å². The minimum absolute atomic E-state index is 0.256. The lowest BCUT2D eigenvalue weighted by molar-refractivity contribution is -0.152. The highest BCUT2D eigenvalue weighted by atomic mass is 31.2. The smallest absolute Gasteiger partial charge is 0.380 e. The van der Waals surface area contributed by atoms with Crippen LogP contribution < -0.4 is 47.3 Å². The minimum atomic E-state index is -3.92. The first-order chi connectivity index (χ1) is 50.7. The third-order valence-corrected chi connectivity index (χ3v) is 23.4. The highest BCUT2D eigenvalue weighted by Gasteiger charge is 2.48. The third-order valence-electron chi connectivity index (χ3n) is 17.3. The molecule has 36 heteroatoms. The third kappa shape index (κ3) is 23.9. The molecule has 3 aromatic carbocycles. The van der Waals surface area contributed by atoms with Gasteiger partial charge in [-0.3, -0.25) is 71.0 Å². The summed E-state index contributed by atoms with van der Waals surface area (Å²) >= 11 is 0. The van der Waals surface area contributed by atoms with E-state index in [1.54, 1.807) is 195 Å². The largest absolute Gasteiger partial charge is 0.463 e. The van der Waals surface area contributed by atoms with Gasteiger partial charge in [0.2, 0.25) is 0 Å². The Kier molecular flexibility index (Phi) is 31.0. The summed E-state index contributed by atoms with van der Waals surface area (Å²) in [7, 11) is -11.8. The van der Waals surface area contributed by atoms with Gasteiger partial charge >= 0.3 is 57.8 Å². The van der Waals surface area contributed by atoms with Gasteiger partial charge in [-0.05, 0) is 98.7 Å². The Balaban J connectivity index is 0.000000226. The predicted octanol–water partition coefficient (Wildman–Crippen LogP) is 7.85. The van der Waals surface area contributed by atoms with E-state index < -0.39 is 165 Å². The topological polar surface area (TPSA) is 438 Å². The number of hydrogen-bond acceptors (Lipinski definition) is 27. The number of carbonyl (C=O) groups excluding carboxylic acids is 3. The van der Waals surface area contributed by atoms with Crippen LogP contribution in [0.5, 0.6) is 17.2 Å². The number of aromatic nitrogens is 6. The lowest BCUT2D eigenvalue weighted by Crippen LogP contribution is -2.35. The van der Waals surface area contributed by atoms with E-state index in [-0.39, 0.29) is 56.6 Å². The van der Waals surface area contributed by atoms with E-state index in [2.05, 4.69) is 15.0 Å². The monoisotopic (exact) mass is 1570 g/mol. The first-order valence-corrected chi connectivity index (χ1v) is 40.4. The summed E-state index contributed by atoms with van der Waals surface area (Å²) in [5, 5.41) is 32.3. The molecule has 9 rings (SSSR count). The van der Waals surface area contributed by atoms with Crippen LogP contribution >= 0.6 is 22.8 Å². The van der Waals surface area contributed by atoms with Crippen LogP contribution in [0.25, 0.3) is 0 Å². The summed E-state index contributed by atoms with van der Waals surface area (Å²) in [5.41, 5.74) is -2.62. The highest BCUT2D eigenvalue weighted by Crippen LogP contribution is 2.54. The van der Waals surface area contributed by atoms with Crippen LogP contribution in [0.1, 0.15) is 118 Å². The molecule has 0 radical (unpaired) electrons. The molecule has 0 spiro atoms. The molecule has 3 fully saturated rings. The fourth-order valence-electron chi connectivity index (χ4n) is 11.5. The van der Waals surface area contributed by atoms with Gasteiger partial charge in [0.1, 0.15) is 54.2 Å². The number of aryl methyl sites for hydroxylation is 3. The van der Waals surface area contributed by atoms with E-state index in [4.69, 9.17) is 55.6 Å². The van der Waals surface area contributed by atoms with Gasteiger partial charge < -0.3 is 57.3 Å². The maximum atomic E-state index is 13.7. The van der Waals surface area contributed by atoms with Gasteiger partial charge in [0.05, 0.1) is 92.7 Å². The van der Waals surface area contributed by atoms with Crippen molar-refractivity contribution >= 4 is 40.7 Å². The fourth-order valence-corrected chi connectivity index (χ4v) is 17.1. The van der Waals surface area contributed by atoms with Crippen LogP contribution in [0, 0.1) is 56.3 Å². The van der Waals surface area contributed by atoms with Gasteiger partial charge in [0, 0.05) is 53.0 Å². The fraction of sp³-hybridized carbons (Fsp3) is 0.542. The number of aliphatic hydroxyl groups is 3. The number of aliphatic hydroxyl groups excluding tert-OH is 3. The Morgan fingerprint density at radius 2 is 0.630 bits per heavy atom. The lowest BCUT2D eigenvalue weighted by atomic mass is 10.0. The van der Waals surface area contributed by atoms with Crippen molar-refractivity contribution in [1.29, 1.82) is 0 Å². The van der Waals surface area contributed by atoms with Crippen molar-refractivity contribution in [1.82, 2.24) is 28.7 Å². The molecule has 3 aliphatic heterocycles. The van der Waals surface area contributed by atoms with Crippen LogP contribution in [-0.4, -0.2) is 155 Å². The van der Waals surface area contributed by atoms with Crippen LogP contribution in [-0.2, 0) is 70.1 Å². The molecule has 108 heavy (non-hydrogen) atoms. The van der Waals surface area contributed by atoms with E-state index in [1.165, 1.54) is 32.3 Å². The summed E-state index contributed by atoms with van der Waals surface area (Å²) < 4.78 is 112. The van der Waals surface area contributed by atoms with E-state index in [0.717, 1.165) is 0 Å². The van der Waals surface area contributed by atoms with Crippen molar-refractivity contribution in [3.63, 3.8) is 0 Å². The van der Waals surface area contributed by atoms with Gasteiger partial charge in [-0.25, -0.2) is 28.1 Å². The molecule has 0 aliphatic carbocycles. The lowest BCUT2D eigenvalue weighted by Gasteiger charge is -2.24. The Hall–Kier alpha value is -8.16. The average molecular weight is 1570 g/mol. The Morgan fingerprint density at radius 1 is 0.407 bits per heavy atom. The van der Waals surface area contributed by atoms with Crippen molar-refractivity contribution in [3.8, 4) is 17.2 Å². The van der Waals surface area contributed by atoms with Gasteiger partial charge in [-0.1, -0.05) is 96.1 Å². The number of esters is 3. The molecular weight excluding hydrogens is 1470 g/mol. The second-order valence-corrected chi connectivity index (χ2v) is 33.9. The number of para-hydroxylation sites is 3. The summed E-state index contributed by atoms with van der Waals surface area (Å²) in [6.45, 7) is 23.7. The van der Waals surface area contributed by atoms with Crippen LogP contribution in [0.4, 0.5) is 0 Å².